The maximum absolute atomic E-state index is 13.3. The normalized spacial score (nSPS) is 18.7. The van der Waals surface area contributed by atoms with Crippen molar-refractivity contribution in [1.82, 2.24) is 19.7 Å². The number of carboxylic acids is 2. The van der Waals surface area contributed by atoms with Crippen LogP contribution in [-0.4, -0.2) is 72.2 Å². The smallest absolute Gasteiger partial charge is 0.326 e. The van der Waals surface area contributed by atoms with Gasteiger partial charge in [-0.2, -0.15) is 0 Å². The summed E-state index contributed by atoms with van der Waals surface area (Å²) in [4.78, 5) is 38.3. The van der Waals surface area contributed by atoms with Gasteiger partial charge in [-0.25, -0.2) is 22.7 Å². The summed E-state index contributed by atoms with van der Waals surface area (Å²) < 4.78 is 32.5. The number of carbonyl (C=O) groups excluding carboxylic acids is 1. The lowest BCUT2D eigenvalue weighted by Crippen LogP contribution is -2.53. The number of halogens is 1. The number of carboxylic acid groups (broad SMARTS) is 2. The zero-order valence-corrected chi connectivity index (χ0v) is 29.3. The zero-order chi connectivity index (χ0) is 35.1. The molecular formula is C34H40ClN5O7S2. The fraction of sp³-hybridized carbons (Fsp3) is 0.382. The van der Waals surface area contributed by atoms with Crippen LogP contribution in [0.5, 0.6) is 0 Å². The van der Waals surface area contributed by atoms with Crippen LogP contribution >= 0.6 is 23.5 Å². The number of hydrogen-bond donors (Lipinski definition) is 6. The highest BCUT2D eigenvalue weighted by molar-refractivity contribution is 7.97. The first-order valence-corrected chi connectivity index (χ1v) is 18.7. The van der Waals surface area contributed by atoms with Gasteiger partial charge in [0, 0.05) is 18.0 Å². The van der Waals surface area contributed by atoms with Crippen molar-refractivity contribution in [3.8, 4) is 0 Å². The molecule has 12 nitrogen and oxygen atoms in total. The molecule has 1 fully saturated rings. The quantitative estimate of drug-likeness (QED) is 0.123. The van der Waals surface area contributed by atoms with E-state index >= 15 is 0 Å². The maximum Gasteiger partial charge on any atom is 0.326 e. The number of anilines is 1. The fourth-order valence-corrected chi connectivity index (χ4v) is 8.45. The molecule has 0 bridgehead atoms. The Hall–Kier alpha value is -3.66. The van der Waals surface area contributed by atoms with Crippen LogP contribution in [0.1, 0.15) is 49.3 Å². The Balaban J connectivity index is 1.12. The molecule has 0 spiro atoms. The molecule has 262 valence electrons. The van der Waals surface area contributed by atoms with E-state index in [1.165, 1.54) is 22.4 Å². The van der Waals surface area contributed by atoms with Crippen molar-refractivity contribution in [3.05, 3.63) is 88.4 Å². The fourth-order valence-electron chi connectivity index (χ4n) is 5.95. The van der Waals surface area contributed by atoms with Gasteiger partial charge in [0.1, 0.15) is 17.0 Å². The van der Waals surface area contributed by atoms with Gasteiger partial charge in [0.05, 0.1) is 22.9 Å². The van der Waals surface area contributed by atoms with E-state index in [1.807, 2.05) is 18.2 Å². The molecule has 1 unspecified atom stereocenters. The summed E-state index contributed by atoms with van der Waals surface area (Å²) in [5.41, 5.74) is 3.53. The second kappa shape index (κ2) is 16.4. The van der Waals surface area contributed by atoms with Crippen LogP contribution < -0.4 is 20.1 Å². The largest absolute Gasteiger partial charge is 0.480 e. The molecule has 3 aromatic rings. The van der Waals surface area contributed by atoms with E-state index in [2.05, 4.69) is 32.2 Å². The molecular weight excluding hydrogens is 690 g/mol. The van der Waals surface area contributed by atoms with E-state index in [-0.39, 0.29) is 29.0 Å². The van der Waals surface area contributed by atoms with Crippen LogP contribution in [-0.2, 0) is 43.8 Å². The van der Waals surface area contributed by atoms with E-state index in [0.717, 1.165) is 29.0 Å². The predicted octanol–water partition coefficient (Wildman–Crippen LogP) is 4.24. The maximum atomic E-state index is 13.3. The Morgan fingerprint density at radius 3 is 2.41 bits per heavy atom. The first-order chi connectivity index (χ1) is 23.4. The van der Waals surface area contributed by atoms with Gasteiger partial charge in [0.25, 0.3) is 0 Å². The molecule has 5 rings (SSSR count). The molecule has 0 aromatic heterocycles. The number of hydrogen-bond acceptors (Lipinski definition) is 9. The number of aryl methyl sites for hydroxylation is 2. The monoisotopic (exact) mass is 729 g/mol. The van der Waals surface area contributed by atoms with E-state index in [1.54, 1.807) is 43.3 Å². The molecule has 0 radical (unpaired) electrons. The summed E-state index contributed by atoms with van der Waals surface area (Å²) >= 11 is 7.83. The van der Waals surface area contributed by atoms with Crippen LogP contribution in [0.15, 0.2) is 76.5 Å². The van der Waals surface area contributed by atoms with Crippen molar-refractivity contribution < 1.29 is 33.0 Å². The molecule has 4 atom stereocenters. The molecule has 2 heterocycles. The SMILES string of the molecule is C[C@H](N[C@@H](CCc1ccc(CNS(=O)(=O)c2cc3c(cc2Cl)NC(CCc2ccccc2)NS3)cc1)C(=O)O)C(=O)N1CCC[C@H]1C(=O)O. The average Bonchev–Trinajstić information content (AvgIpc) is 3.59. The predicted molar refractivity (Wildman–Crippen MR) is 188 cm³/mol. The molecule has 1 saturated heterocycles. The van der Waals surface area contributed by atoms with Crippen molar-refractivity contribution >= 4 is 57.1 Å². The van der Waals surface area contributed by atoms with Crippen molar-refractivity contribution in [1.29, 1.82) is 0 Å². The van der Waals surface area contributed by atoms with Crippen LogP contribution in [0.25, 0.3) is 0 Å². The van der Waals surface area contributed by atoms with Crippen molar-refractivity contribution in [2.75, 3.05) is 11.9 Å². The second-order valence-corrected chi connectivity index (χ2v) is 15.2. The van der Waals surface area contributed by atoms with E-state index in [9.17, 15) is 33.0 Å². The first-order valence-electron chi connectivity index (χ1n) is 16.1. The van der Waals surface area contributed by atoms with Gasteiger partial charge < -0.3 is 20.4 Å². The minimum atomic E-state index is -3.94. The Labute approximate surface area is 295 Å². The second-order valence-electron chi connectivity index (χ2n) is 12.2. The van der Waals surface area contributed by atoms with Crippen molar-refractivity contribution in [2.24, 2.45) is 0 Å². The number of fused-ring (bicyclic) bond motifs is 1. The zero-order valence-electron chi connectivity index (χ0n) is 26.9. The highest BCUT2D eigenvalue weighted by Gasteiger charge is 2.37. The summed E-state index contributed by atoms with van der Waals surface area (Å²) in [6.07, 6.45) is 3.24. The lowest BCUT2D eigenvalue weighted by molar-refractivity contribution is -0.149. The third kappa shape index (κ3) is 9.53. The molecule has 2 aliphatic rings. The number of nitrogens with one attached hydrogen (secondary N) is 4. The van der Waals surface area contributed by atoms with Crippen LogP contribution in [0.2, 0.25) is 5.02 Å². The summed E-state index contributed by atoms with van der Waals surface area (Å²) in [6.45, 7) is 1.89. The Morgan fingerprint density at radius 1 is 1.02 bits per heavy atom. The topological polar surface area (TPSA) is 177 Å². The number of aliphatic carboxylic acids is 2. The molecule has 49 heavy (non-hydrogen) atoms. The van der Waals surface area contributed by atoms with Gasteiger partial charge >= 0.3 is 11.9 Å². The Morgan fingerprint density at radius 2 is 1.71 bits per heavy atom. The number of benzene rings is 3. The summed E-state index contributed by atoms with van der Waals surface area (Å²) in [5.74, 6) is -2.62. The third-order valence-corrected chi connectivity index (χ3v) is 11.5. The van der Waals surface area contributed by atoms with Gasteiger partial charge in [-0.15, -0.1) is 0 Å². The van der Waals surface area contributed by atoms with Gasteiger partial charge in [-0.1, -0.05) is 66.2 Å². The first kappa shape index (κ1) is 36.6. The van der Waals surface area contributed by atoms with Crippen LogP contribution in [0.3, 0.4) is 0 Å². The minimum absolute atomic E-state index is 0.00952. The van der Waals surface area contributed by atoms with Gasteiger partial charge in [0.2, 0.25) is 15.9 Å². The highest BCUT2D eigenvalue weighted by atomic mass is 35.5. The van der Waals surface area contributed by atoms with E-state index in [0.29, 0.717) is 31.4 Å². The Kier molecular flexibility index (Phi) is 12.2. The van der Waals surface area contributed by atoms with Crippen LogP contribution in [0.4, 0.5) is 5.69 Å². The number of sulfonamides is 1. The average molecular weight is 730 g/mol. The van der Waals surface area contributed by atoms with Crippen molar-refractivity contribution in [2.45, 2.75) is 86.1 Å². The molecule has 3 aromatic carbocycles. The number of amides is 1. The number of likely N-dealkylation sites (tertiary alicyclic amines) is 1. The molecule has 1 amide bonds. The molecule has 0 saturated carbocycles. The summed E-state index contributed by atoms with van der Waals surface area (Å²) in [6, 6.07) is 17.7. The van der Waals surface area contributed by atoms with E-state index in [4.69, 9.17) is 11.6 Å². The lowest BCUT2D eigenvalue weighted by atomic mass is 10.0. The van der Waals surface area contributed by atoms with Gasteiger partial charge in [0.15, 0.2) is 0 Å². The molecule has 15 heteroatoms. The van der Waals surface area contributed by atoms with E-state index < -0.39 is 46.0 Å². The lowest BCUT2D eigenvalue weighted by Gasteiger charge is -2.28. The van der Waals surface area contributed by atoms with Gasteiger partial charge in [-0.3, -0.25) is 14.9 Å². The molecule has 6 N–H and O–H groups in total. The molecule has 0 aliphatic carbocycles. The minimum Gasteiger partial charge on any atom is -0.480 e. The summed E-state index contributed by atoms with van der Waals surface area (Å²) in [5, 5.41) is 25.5. The third-order valence-electron chi connectivity index (χ3n) is 8.68. The number of rotatable bonds is 15. The number of nitrogens with zero attached hydrogens (tertiary/aromatic N) is 1. The molecule has 2 aliphatic heterocycles. The van der Waals surface area contributed by atoms with Crippen LogP contribution in [0, 0.1) is 0 Å². The summed E-state index contributed by atoms with van der Waals surface area (Å²) in [7, 11) is -3.94. The highest BCUT2D eigenvalue weighted by Crippen LogP contribution is 2.37. The van der Waals surface area contributed by atoms with Gasteiger partial charge in [-0.05, 0) is 86.2 Å². The Bertz CT molecular complexity index is 1760. The van der Waals surface area contributed by atoms with Crippen molar-refractivity contribution in [3.63, 3.8) is 0 Å². The number of carbonyl (C=O) groups is 3. The standard InChI is InChI=1S/C34H40ClN5O7S2/c1-21(32(41)40-17-5-8-28(40)34(44)45)37-26(33(42)43)15-13-23-9-11-24(12-10-23)20-36-49(46,47)30-19-29-27(18-25(30)35)38-31(39-48-29)16-14-22-6-3-2-4-7-22/h2-4,6-7,9-12,18-19,21,26,28,31,36-39H,5,8,13-17,20H2,1H3,(H,42,43)(H,44,45)/t21-,26-,28-,31?/m0/s1.